The van der Waals surface area contributed by atoms with E-state index in [9.17, 15) is 15.3 Å². The Morgan fingerprint density at radius 1 is 1.06 bits per heavy atom. The van der Waals surface area contributed by atoms with Crippen LogP contribution in [0.15, 0.2) is 12.1 Å². The summed E-state index contributed by atoms with van der Waals surface area (Å²) in [5.41, 5.74) is 0.613. The minimum absolute atomic E-state index is 0.106. The molecule has 0 saturated carbocycles. The van der Waals surface area contributed by atoms with Crippen LogP contribution in [0.3, 0.4) is 0 Å². The van der Waals surface area contributed by atoms with Crippen LogP contribution in [0.5, 0.6) is 17.2 Å². The van der Waals surface area contributed by atoms with Gasteiger partial charge in [-0.1, -0.05) is 0 Å². The molecule has 6 nitrogen and oxygen atoms in total. The van der Waals surface area contributed by atoms with Crippen molar-refractivity contribution in [2.24, 2.45) is 0 Å². The maximum Gasteiger partial charge on any atom is 0.200 e. The molecule has 1 aromatic rings. The van der Waals surface area contributed by atoms with Crippen LogP contribution in [0, 0.1) is 0 Å². The standard InChI is InChI=1S/C12H18O6/c1-17-10-4-7(3-8(14)9(15)6-13)5-11(18-2)12(10)16/h4-5,8-9,13-16H,3,6H2,1-2H3/t8-,9+/m1/s1. The zero-order valence-electron chi connectivity index (χ0n) is 10.3. The minimum Gasteiger partial charge on any atom is -0.502 e. The number of phenols is 1. The SMILES string of the molecule is COc1cc(C[C@@H](O)[C@@H](O)CO)cc(OC)c1O. The van der Waals surface area contributed by atoms with Crippen molar-refractivity contribution in [3.05, 3.63) is 17.7 Å². The van der Waals surface area contributed by atoms with Crippen molar-refractivity contribution in [1.29, 1.82) is 0 Å². The number of hydrogen-bond acceptors (Lipinski definition) is 6. The molecular weight excluding hydrogens is 240 g/mol. The van der Waals surface area contributed by atoms with E-state index in [4.69, 9.17) is 14.6 Å². The van der Waals surface area contributed by atoms with Crippen LogP contribution in [-0.2, 0) is 6.42 Å². The van der Waals surface area contributed by atoms with E-state index in [1.807, 2.05) is 0 Å². The summed E-state index contributed by atoms with van der Waals surface area (Å²) in [6.45, 7) is -0.520. The van der Waals surface area contributed by atoms with Gasteiger partial charge in [0.2, 0.25) is 5.75 Å². The van der Waals surface area contributed by atoms with Gasteiger partial charge in [0, 0.05) is 6.42 Å². The molecule has 4 N–H and O–H groups in total. The van der Waals surface area contributed by atoms with Crippen LogP contribution < -0.4 is 9.47 Å². The van der Waals surface area contributed by atoms with Crippen LogP contribution in [0.4, 0.5) is 0 Å². The summed E-state index contributed by atoms with van der Waals surface area (Å²) < 4.78 is 9.95. The van der Waals surface area contributed by atoms with E-state index in [0.29, 0.717) is 5.56 Å². The predicted molar refractivity (Wildman–Crippen MR) is 64.0 cm³/mol. The van der Waals surface area contributed by atoms with Crippen molar-refractivity contribution in [2.75, 3.05) is 20.8 Å². The molecule has 0 radical (unpaired) electrons. The van der Waals surface area contributed by atoms with Crippen molar-refractivity contribution in [3.63, 3.8) is 0 Å². The van der Waals surface area contributed by atoms with Gasteiger partial charge in [-0.05, 0) is 17.7 Å². The fourth-order valence-corrected chi connectivity index (χ4v) is 1.56. The van der Waals surface area contributed by atoms with E-state index in [1.165, 1.54) is 26.4 Å². The van der Waals surface area contributed by atoms with Gasteiger partial charge >= 0.3 is 0 Å². The highest BCUT2D eigenvalue weighted by molar-refractivity contribution is 5.52. The largest absolute Gasteiger partial charge is 0.502 e. The highest BCUT2D eigenvalue weighted by atomic mass is 16.5. The fourth-order valence-electron chi connectivity index (χ4n) is 1.56. The number of hydrogen-bond donors (Lipinski definition) is 4. The Morgan fingerprint density at radius 2 is 1.56 bits per heavy atom. The van der Waals surface area contributed by atoms with Gasteiger partial charge in [-0.2, -0.15) is 0 Å². The van der Waals surface area contributed by atoms with Gasteiger partial charge < -0.3 is 29.9 Å². The Bertz CT molecular complexity index is 367. The van der Waals surface area contributed by atoms with Crippen molar-refractivity contribution in [2.45, 2.75) is 18.6 Å². The summed E-state index contributed by atoms with van der Waals surface area (Å²) in [4.78, 5) is 0. The molecule has 0 bridgehead atoms. The third-order valence-corrected chi connectivity index (χ3v) is 2.62. The Labute approximate surface area is 105 Å². The summed E-state index contributed by atoms with van der Waals surface area (Å²) in [6, 6.07) is 3.07. The number of phenolic OH excluding ortho intramolecular Hbond substituents is 1. The van der Waals surface area contributed by atoms with E-state index in [2.05, 4.69) is 0 Å². The van der Waals surface area contributed by atoms with Crippen LogP contribution in [-0.4, -0.2) is 53.5 Å². The zero-order chi connectivity index (χ0) is 13.7. The lowest BCUT2D eigenvalue weighted by atomic mass is 10.0. The number of aliphatic hydroxyl groups excluding tert-OH is 3. The topological polar surface area (TPSA) is 99.4 Å². The van der Waals surface area contributed by atoms with E-state index in [1.54, 1.807) is 0 Å². The Balaban J connectivity index is 2.96. The average Bonchev–Trinajstić information content (AvgIpc) is 2.39. The number of benzene rings is 1. The van der Waals surface area contributed by atoms with Crippen LogP contribution in [0.25, 0.3) is 0 Å². The fraction of sp³-hybridized carbons (Fsp3) is 0.500. The molecule has 0 aromatic heterocycles. The Morgan fingerprint density at radius 3 is 1.94 bits per heavy atom. The molecule has 2 atom stereocenters. The zero-order valence-corrected chi connectivity index (χ0v) is 10.3. The summed E-state index contributed by atoms with van der Waals surface area (Å²) in [6.07, 6.45) is -2.21. The predicted octanol–water partition coefficient (Wildman–Crippen LogP) is -0.334. The number of aromatic hydroxyl groups is 1. The van der Waals surface area contributed by atoms with Crippen LogP contribution >= 0.6 is 0 Å². The molecule has 102 valence electrons. The third-order valence-electron chi connectivity index (χ3n) is 2.62. The number of ether oxygens (including phenoxy) is 2. The Kier molecular flexibility index (Phi) is 5.21. The molecule has 6 heteroatoms. The number of aliphatic hydroxyl groups is 3. The number of methoxy groups -OCH3 is 2. The van der Waals surface area contributed by atoms with Gasteiger partial charge in [-0.3, -0.25) is 0 Å². The van der Waals surface area contributed by atoms with E-state index in [0.717, 1.165) is 0 Å². The molecule has 0 aliphatic carbocycles. The van der Waals surface area contributed by atoms with Gasteiger partial charge in [0.15, 0.2) is 11.5 Å². The Hall–Kier alpha value is -1.50. The second kappa shape index (κ2) is 6.44. The summed E-state index contributed by atoms with van der Waals surface area (Å²) in [7, 11) is 2.80. The average molecular weight is 258 g/mol. The second-order valence-corrected chi connectivity index (χ2v) is 3.87. The molecule has 0 spiro atoms. The number of rotatable bonds is 6. The summed E-state index contributed by atoms with van der Waals surface area (Å²) in [5.74, 6) is 0.311. The second-order valence-electron chi connectivity index (χ2n) is 3.87. The smallest absolute Gasteiger partial charge is 0.200 e. The van der Waals surface area contributed by atoms with E-state index >= 15 is 0 Å². The molecule has 0 saturated heterocycles. The molecule has 1 aromatic carbocycles. The maximum absolute atomic E-state index is 9.70. The van der Waals surface area contributed by atoms with Gasteiger partial charge in [-0.15, -0.1) is 0 Å². The highest BCUT2D eigenvalue weighted by Crippen LogP contribution is 2.37. The van der Waals surface area contributed by atoms with Gasteiger partial charge in [-0.25, -0.2) is 0 Å². The van der Waals surface area contributed by atoms with Crippen molar-refractivity contribution >= 4 is 0 Å². The van der Waals surface area contributed by atoms with Crippen LogP contribution in [0.2, 0.25) is 0 Å². The molecule has 0 fully saturated rings. The lowest BCUT2D eigenvalue weighted by molar-refractivity contribution is -0.0132. The van der Waals surface area contributed by atoms with Gasteiger partial charge in [0.25, 0.3) is 0 Å². The first-order chi connectivity index (χ1) is 8.53. The molecule has 0 amide bonds. The molecule has 18 heavy (non-hydrogen) atoms. The van der Waals surface area contributed by atoms with Crippen molar-refractivity contribution in [3.8, 4) is 17.2 Å². The molecular formula is C12H18O6. The van der Waals surface area contributed by atoms with E-state index in [-0.39, 0.29) is 23.7 Å². The first kappa shape index (κ1) is 14.6. The molecule has 0 aliphatic rings. The maximum atomic E-state index is 9.70. The summed E-state index contributed by atoms with van der Waals surface area (Å²) >= 11 is 0. The molecule has 0 unspecified atom stereocenters. The van der Waals surface area contributed by atoms with Gasteiger partial charge in [0.05, 0.1) is 26.9 Å². The summed E-state index contributed by atoms with van der Waals surface area (Å²) in [5, 5.41) is 37.3. The lowest BCUT2D eigenvalue weighted by Gasteiger charge is -2.17. The van der Waals surface area contributed by atoms with Crippen molar-refractivity contribution < 1.29 is 29.9 Å². The third kappa shape index (κ3) is 3.25. The first-order valence-corrected chi connectivity index (χ1v) is 5.44. The molecule has 0 aliphatic heterocycles. The van der Waals surface area contributed by atoms with E-state index < -0.39 is 18.8 Å². The quantitative estimate of drug-likeness (QED) is 0.557. The monoisotopic (exact) mass is 258 g/mol. The normalized spacial score (nSPS) is 14.1. The van der Waals surface area contributed by atoms with Crippen LogP contribution in [0.1, 0.15) is 5.56 Å². The lowest BCUT2D eigenvalue weighted by Crippen LogP contribution is -2.31. The molecule has 1 rings (SSSR count). The van der Waals surface area contributed by atoms with Crippen molar-refractivity contribution in [1.82, 2.24) is 0 Å². The molecule has 0 heterocycles. The highest BCUT2D eigenvalue weighted by Gasteiger charge is 2.18. The minimum atomic E-state index is -1.21. The van der Waals surface area contributed by atoms with Gasteiger partial charge in [0.1, 0.15) is 6.10 Å². The first-order valence-electron chi connectivity index (χ1n) is 5.44.